The number of halogens is 2. The van der Waals surface area contributed by atoms with Gasteiger partial charge in [0.2, 0.25) is 0 Å². The molecule has 0 bridgehead atoms. The normalized spacial score (nSPS) is 10.4. The summed E-state index contributed by atoms with van der Waals surface area (Å²) in [4.78, 5) is 0.712. The summed E-state index contributed by atoms with van der Waals surface area (Å²) in [5.41, 5.74) is 0. The van der Waals surface area contributed by atoms with Crippen molar-refractivity contribution in [2.45, 2.75) is 9.92 Å². The van der Waals surface area contributed by atoms with Gasteiger partial charge >= 0.3 is 0 Å². The van der Waals surface area contributed by atoms with Crippen LogP contribution in [-0.2, 0) is 0 Å². The van der Waals surface area contributed by atoms with Gasteiger partial charge in [-0.1, -0.05) is 23.4 Å². The van der Waals surface area contributed by atoms with E-state index in [1.807, 2.05) is 0 Å². The summed E-state index contributed by atoms with van der Waals surface area (Å²) in [5.74, 6) is -0.298. The first-order valence-electron chi connectivity index (χ1n) is 4.41. The smallest absolute Gasteiger partial charge is 0.166 e. The predicted molar refractivity (Wildman–Crippen MR) is 60.7 cm³/mol. The Balaban J connectivity index is 2.33. The zero-order chi connectivity index (χ0) is 11.5. The molecule has 1 aromatic carbocycles. The van der Waals surface area contributed by atoms with Gasteiger partial charge in [0.1, 0.15) is 0 Å². The Morgan fingerprint density at radius 3 is 2.94 bits per heavy atom. The van der Waals surface area contributed by atoms with E-state index in [1.165, 1.54) is 24.9 Å². The van der Waals surface area contributed by atoms with Gasteiger partial charge in [-0.2, -0.15) is 5.10 Å². The average molecular weight is 259 g/mol. The monoisotopic (exact) mass is 258 g/mol. The molecular weight excluding hydrogens is 251 g/mol. The minimum atomic E-state index is -0.471. The second-order valence-corrected chi connectivity index (χ2v) is 4.43. The standard InChI is InChI=1S/C10H8ClFN2OS/c1-15-8-5-9(6(11)4-7(8)12)16-10-2-3-13-14-10/h2-5H,1H3,(H,13,14). The minimum absolute atomic E-state index is 0.173. The van der Waals surface area contributed by atoms with Gasteiger partial charge in [0.15, 0.2) is 11.6 Å². The number of benzene rings is 1. The summed E-state index contributed by atoms with van der Waals surface area (Å²) in [6.07, 6.45) is 1.64. The number of aromatic nitrogens is 2. The molecule has 0 aliphatic rings. The molecule has 0 aliphatic carbocycles. The van der Waals surface area contributed by atoms with Crippen molar-refractivity contribution in [2.24, 2.45) is 0 Å². The van der Waals surface area contributed by atoms with Gasteiger partial charge < -0.3 is 4.74 Å². The quantitative estimate of drug-likeness (QED) is 0.917. The zero-order valence-electron chi connectivity index (χ0n) is 8.33. The SMILES string of the molecule is COc1cc(Sc2ccn[nH]2)c(Cl)cc1F. The van der Waals surface area contributed by atoms with Crippen LogP contribution in [0.25, 0.3) is 0 Å². The summed E-state index contributed by atoms with van der Waals surface area (Å²) < 4.78 is 18.2. The van der Waals surface area contributed by atoms with Crippen LogP contribution in [0.4, 0.5) is 4.39 Å². The lowest BCUT2D eigenvalue weighted by Gasteiger charge is -2.06. The van der Waals surface area contributed by atoms with E-state index in [4.69, 9.17) is 16.3 Å². The van der Waals surface area contributed by atoms with Gasteiger partial charge in [-0.05, 0) is 18.2 Å². The minimum Gasteiger partial charge on any atom is -0.494 e. The number of hydrogen-bond acceptors (Lipinski definition) is 3. The fraction of sp³-hybridized carbons (Fsp3) is 0.100. The molecule has 2 rings (SSSR count). The lowest BCUT2D eigenvalue weighted by Crippen LogP contribution is -1.89. The molecule has 16 heavy (non-hydrogen) atoms. The predicted octanol–water partition coefficient (Wildman–Crippen LogP) is 3.36. The van der Waals surface area contributed by atoms with Crippen molar-refractivity contribution in [3.63, 3.8) is 0 Å². The van der Waals surface area contributed by atoms with E-state index in [1.54, 1.807) is 18.3 Å². The lowest BCUT2D eigenvalue weighted by molar-refractivity contribution is 0.385. The van der Waals surface area contributed by atoms with Crippen molar-refractivity contribution < 1.29 is 9.13 Å². The third-order valence-corrected chi connectivity index (χ3v) is 3.33. The molecule has 0 aliphatic heterocycles. The van der Waals surface area contributed by atoms with Crippen LogP contribution in [0, 0.1) is 5.82 Å². The maximum atomic E-state index is 13.3. The number of nitrogens with one attached hydrogen (secondary N) is 1. The van der Waals surface area contributed by atoms with Crippen molar-refractivity contribution in [1.29, 1.82) is 0 Å². The first kappa shape index (κ1) is 11.3. The highest BCUT2D eigenvalue weighted by atomic mass is 35.5. The molecule has 3 nitrogen and oxygen atoms in total. The Morgan fingerprint density at radius 1 is 1.50 bits per heavy atom. The molecular formula is C10H8ClFN2OS. The van der Waals surface area contributed by atoms with Gasteiger partial charge in [0, 0.05) is 11.1 Å². The maximum absolute atomic E-state index is 13.3. The van der Waals surface area contributed by atoms with Gasteiger partial charge in [-0.3, -0.25) is 5.10 Å². The van der Waals surface area contributed by atoms with Crippen LogP contribution in [0.15, 0.2) is 34.3 Å². The molecule has 0 unspecified atom stereocenters. The molecule has 1 N–H and O–H groups in total. The first-order valence-corrected chi connectivity index (χ1v) is 5.60. The molecule has 1 aromatic heterocycles. The zero-order valence-corrected chi connectivity index (χ0v) is 9.90. The van der Waals surface area contributed by atoms with Gasteiger partial charge in [-0.15, -0.1) is 0 Å². The van der Waals surface area contributed by atoms with E-state index in [0.717, 1.165) is 5.03 Å². The van der Waals surface area contributed by atoms with Crippen LogP contribution in [0.1, 0.15) is 0 Å². The molecule has 6 heteroatoms. The Hall–Kier alpha value is -1.20. The van der Waals surface area contributed by atoms with E-state index in [0.29, 0.717) is 9.92 Å². The highest BCUT2D eigenvalue weighted by Crippen LogP contribution is 2.36. The van der Waals surface area contributed by atoms with E-state index in [9.17, 15) is 4.39 Å². The Morgan fingerprint density at radius 2 is 2.31 bits per heavy atom. The summed E-state index contributed by atoms with van der Waals surface area (Å²) in [6.45, 7) is 0. The molecule has 0 spiro atoms. The van der Waals surface area contributed by atoms with Crippen LogP contribution < -0.4 is 4.74 Å². The summed E-state index contributed by atoms with van der Waals surface area (Å²) in [6, 6.07) is 4.60. The summed E-state index contributed by atoms with van der Waals surface area (Å²) in [5, 5.41) is 7.77. The van der Waals surface area contributed by atoms with Crippen molar-refractivity contribution in [3.05, 3.63) is 35.2 Å². The number of nitrogens with zero attached hydrogens (tertiary/aromatic N) is 1. The third-order valence-electron chi connectivity index (χ3n) is 1.90. The Labute approximate surface area is 101 Å². The Kier molecular flexibility index (Phi) is 3.36. The molecule has 1 heterocycles. The molecule has 84 valence electrons. The highest BCUT2D eigenvalue weighted by Gasteiger charge is 2.10. The number of rotatable bonds is 3. The highest BCUT2D eigenvalue weighted by molar-refractivity contribution is 7.99. The number of methoxy groups -OCH3 is 1. The fourth-order valence-corrected chi connectivity index (χ4v) is 2.22. The molecule has 0 amide bonds. The largest absolute Gasteiger partial charge is 0.494 e. The number of hydrogen-bond donors (Lipinski definition) is 1. The topological polar surface area (TPSA) is 37.9 Å². The molecule has 0 saturated carbocycles. The summed E-state index contributed by atoms with van der Waals surface area (Å²) >= 11 is 7.29. The van der Waals surface area contributed by atoms with E-state index in [-0.39, 0.29) is 5.75 Å². The van der Waals surface area contributed by atoms with E-state index < -0.39 is 5.82 Å². The average Bonchev–Trinajstić information content (AvgIpc) is 2.75. The number of H-pyrrole nitrogens is 1. The van der Waals surface area contributed by atoms with Crippen molar-refractivity contribution in [3.8, 4) is 5.75 Å². The number of aromatic amines is 1. The second-order valence-electron chi connectivity index (χ2n) is 2.94. The molecule has 0 fully saturated rings. The van der Waals surface area contributed by atoms with Crippen LogP contribution >= 0.6 is 23.4 Å². The third kappa shape index (κ3) is 2.31. The van der Waals surface area contributed by atoms with Crippen molar-refractivity contribution >= 4 is 23.4 Å². The van der Waals surface area contributed by atoms with Crippen LogP contribution in [0.3, 0.4) is 0 Å². The van der Waals surface area contributed by atoms with Gasteiger partial charge in [0.05, 0.1) is 17.2 Å². The van der Waals surface area contributed by atoms with Gasteiger partial charge in [0.25, 0.3) is 0 Å². The summed E-state index contributed by atoms with van der Waals surface area (Å²) in [7, 11) is 1.41. The molecule has 0 radical (unpaired) electrons. The molecule has 0 atom stereocenters. The molecule has 2 aromatic rings. The number of ether oxygens (including phenoxy) is 1. The maximum Gasteiger partial charge on any atom is 0.166 e. The lowest BCUT2D eigenvalue weighted by atomic mass is 10.3. The van der Waals surface area contributed by atoms with Gasteiger partial charge in [-0.25, -0.2) is 4.39 Å². The first-order chi connectivity index (χ1) is 7.70. The van der Waals surface area contributed by atoms with Crippen LogP contribution in [-0.4, -0.2) is 17.3 Å². The van der Waals surface area contributed by atoms with Crippen LogP contribution in [0.5, 0.6) is 5.75 Å². The van der Waals surface area contributed by atoms with Crippen molar-refractivity contribution in [1.82, 2.24) is 10.2 Å². The second kappa shape index (κ2) is 4.76. The fourth-order valence-electron chi connectivity index (χ4n) is 1.16. The van der Waals surface area contributed by atoms with Crippen molar-refractivity contribution in [2.75, 3.05) is 7.11 Å². The van der Waals surface area contributed by atoms with Crippen LogP contribution in [0.2, 0.25) is 5.02 Å². The molecule has 0 saturated heterocycles. The van der Waals surface area contributed by atoms with E-state index in [2.05, 4.69) is 10.2 Å². The Bertz CT molecular complexity index is 490. The van der Waals surface area contributed by atoms with E-state index >= 15 is 0 Å².